The Morgan fingerprint density at radius 3 is 1.71 bits per heavy atom. The van der Waals surface area contributed by atoms with Crippen molar-refractivity contribution in [2.24, 2.45) is 0 Å². The molecule has 1 aliphatic rings. The van der Waals surface area contributed by atoms with E-state index in [2.05, 4.69) is 25.9 Å². The summed E-state index contributed by atoms with van der Waals surface area (Å²) >= 11 is 6.05. The Balaban J connectivity index is 0.00000930. The van der Waals surface area contributed by atoms with Gasteiger partial charge in [-0.3, -0.25) is 14.4 Å². The van der Waals surface area contributed by atoms with Crippen molar-refractivity contribution in [2.45, 2.75) is 44.6 Å². The summed E-state index contributed by atoms with van der Waals surface area (Å²) in [6.45, 7) is 2.99. The van der Waals surface area contributed by atoms with Gasteiger partial charge >= 0.3 is 0 Å². The van der Waals surface area contributed by atoms with Gasteiger partial charge in [-0.1, -0.05) is 35.9 Å². The molecule has 326 valence electrons. The lowest BCUT2D eigenvalue weighted by Crippen LogP contribution is -3.00. The molecule has 1 atom stereocenters. The number of aromatic nitrogens is 2. The van der Waals surface area contributed by atoms with Crippen molar-refractivity contribution in [3.63, 3.8) is 0 Å². The van der Waals surface area contributed by atoms with E-state index in [1.54, 1.807) is 24.3 Å². The first-order valence-electron chi connectivity index (χ1n) is 19.0. The number of nitrogen functional groups attached to an aromatic ring is 2. The molecule has 0 saturated carbocycles. The lowest BCUT2D eigenvalue weighted by molar-refractivity contribution is -0.933. The number of aryl methyl sites for hydroxylation is 2. The van der Waals surface area contributed by atoms with Crippen molar-refractivity contribution in [1.29, 1.82) is 0 Å². The second-order valence-electron chi connectivity index (χ2n) is 14.7. The predicted octanol–water partition coefficient (Wildman–Crippen LogP) is -1.65. The summed E-state index contributed by atoms with van der Waals surface area (Å²) in [4.78, 5) is 45.4. The van der Waals surface area contributed by atoms with Crippen LogP contribution < -0.4 is 49.3 Å². The molecule has 59 heavy (non-hydrogen) atoms. The number of quaternary nitrogens is 1. The largest absolute Gasteiger partial charge is 1.00 e. The minimum Gasteiger partial charge on any atom is -1.00 e. The zero-order chi connectivity index (χ0) is 42.3. The van der Waals surface area contributed by atoms with Crippen LogP contribution in [0.3, 0.4) is 0 Å². The molecule has 1 aliphatic heterocycles. The highest BCUT2D eigenvalue weighted by Crippen LogP contribution is 2.25. The number of hydrogen-bond donors (Lipinski definition) is 5. The van der Waals surface area contributed by atoms with Crippen LogP contribution in [-0.2, 0) is 42.1 Å². The number of likely N-dealkylation sites (tertiary alicyclic amines) is 1. The predicted molar refractivity (Wildman–Crippen MR) is 222 cm³/mol. The quantitative estimate of drug-likeness (QED) is 0.0711. The van der Waals surface area contributed by atoms with Crippen LogP contribution in [0.25, 0.3) is 0 Å². The average molecular weight is 902 g/mol. The van der Waals surface area contributed by atoms with E-state index >= 15 is 0 Å². The molecule has 4 rings (SSSR count). The topological polar surface area (TPSA) is 252 Å². The lowest BCUT2D eigenvalue weighted by atomic mass is 9.99. The Kier molecular flexibility index (Phi) is 18.9. The summed E-state index contributed by atoms with van der Waals surface area (Å²) in [7, 11) is -6.35. The highest BCUT2D eigenvalue weighted by molar-refractivity contribution is 7.90. The van der Waals surface area contributed by atoms with Gasteiger partial charge in [-0.05, 0) is 61.1 Å². The van der Waals surface area contributed by atoms with E-state index in [1.807, 2.05) is 24.3 Å². The van der Waals surface area contributed by atoms with Gasteiger partial charge in [0.15, 0.2) is 35.7 Å². The van der Waals surface area contributed by atoms with Gasteiger partial charge in [-0.15, -0.1) is 0 Å². The van der Waals surface area contributed by atoms with Gasteiger partial charge in [0.2, 0.25) is 0 Å². The fraction of sp³-hybridized carbons (Fsp3) is 0.500. The van der Waals surface area contributed by atoms with Crippen LogP contribution in [0.15, 0.2) is 48.5 Å². The number of piperidine rings is 1. The number of carbonyl (C=O) groups is 3. The van der Waals surface area contributed by atoms with Gasteiger partial charge in [0, 0.05) is 38.4 Å². The highest BCUT2D eigenvalue weighted by Gasteiger charge is 2.35. The van der Waals surface area contributed by atoms with Crippen LogP contribution in [0.1, 0.15) is 47.3 Å². The zero-order valence-electron chi connectivity index (χ0n) is 33.3. The van der Waals surface area contributed by atoms with Gasteiger partial charge in [0.05, 0.1) is 43.7 Å². The number of carbonyl (C=O) groups excluding carboxylic acids is 3. The summed E-state index contributed by atoms with van der Waals surface area (Å²) in [6.07, 6.45) is 7.27. The van der Waals surface area contributed by atoms with Gasteiger partial charge in [0.1, 0.15) is 31.2 Å². The van der Waals surface area contributed by atoms with Gasteiger partial charge < -0.3 is 53.8 Å². The number of sulfone groups is 2. The van der Waals surface area contributed by atoms with E-state index in [1.165, 1.54) is 0 Å². The molecule has 7 N–H and O–H groups in total. The number of nitrogens with one attached hydrogen (secondary N) is 3. The van der Waals surface area contributed by atoms with Crippen LogP contribution in [0.4, 0.5) is 11.6 Å². The summed E-state index contributed by atoms with van der Waals surface area (Å²) in [5, 5.41) is 8.08. The number of rotatable bonds is 22. The maximum Gasteiger partial charge on any atom is 0.274 e. The van der Waals surface area contributed by atoms with Crippen molar-refractivity contribution in [3.05, 3.63) is 70.5 Å². The molecule has 1 saturated heterocycles. The molecule has 0 bridgehead atoms. The van der Waals surface area contributed by atoms with Crippen LogP contribution in [0.5, 0.6) is 11.5 Å². The molecule has 21 heteroatoms. The number of hydrogen-bond acceptors (Lipinski definition) is 13. The highest BCUT2D eigenvalue weighted by atomic mass is 35.5. The average Bonchev–Trinajstić information content (AvgIpc) is 3.15. The van der Waals surface area contributed by atoms with Crippen molar-refractivity contribution in [2.75, 3.05) is 88.0 Å². The van der Waals surface area contributed by atoms with Crippen molar-refractivity contribution in [3.8, 4) is 11.5 Å². The van der Waals surface area contributed by atoms with E-state index in [9.17, 15) is 31.2 Å². The van der Waals surface area contributed by atoms with Crippen LogP contribution >= 0.6 is 11.6 Å². The zero-order valence-corrected chi connectivity index (χ0v) is 36.4. The molecular weight excluding hydrogens is 848 g/mol. The first-order chi connectivity index (χ1) is 27.4. The molecule has 1 aromatic heterocycles. The molecule has 2 heterocycles. The summed E-state index contributed by atoms with van der Waals surface area (Å²) in [5.74, 6) is -0.630. The molecule has 2 aromatic carbocycles. The molecule has 0 radical (unpaired) electrons. The Labute approximate surface area is 357 Å². The molecule has 0 aliphatic carbocycles. The fourth-order valence-corrected chi connectivity index (χ4v) is 7.79. The molecule has 17 nitrogen and oxygen atoms in total. The minimum atomic E-state index is -3.17. The second-order valence-corrected chi connectivity index (χ2v) is 19.6. The van der Waals surface area contributed by atoms with Gasteiger partial charge in [-0.25, -0.2) is 26.8 Å². The Bertz CT molecular complexity index is 1990. The van der Waals surface area contributed by atoms with Crippen molar-refractivity contribution >= 4 is 60.6 Å². The number of halogens is 2. The Morgan fingerprint density at radius 1 is 0.780 bits per heavy atom. The SMILES string of the molecule is CS(=O)(=O)CCNC(=O)COc1ccc(CCC[N+]2(CCCc3ccc(OCC(=O)NCCS(C)(=O)=O)cc3)CCC[C@H](NC(=O)c3nc(Cl)c(N)nc3N)C2)cc1.[Cl-]. The van der Waals surface area contributed by atoms with Crippen LogP contribution in [-0.4, -0.2) is 132 Å². The van der Waals surface area contributed by atoms with E-state index in [0.29, 0.717) is 18.0 Å². The minimum absolute atomic E-state index is 0. The summed E-state index contributed by atoms with van der Waals surface area (Å²) in [5.41, 5.74) is 13.8. The number of anilines is 2. The molecule has 1 fully saturated rings. The van der Waals surface area contributed by atoms with E-state index in [4.69, 9.17) is 32.5 Å². The summed E-state index contributed by atoms with van der Waals surface area (Å²) in [6, 6.07) is 14.9. The maximum atomic E-state index is 13.3. The van der Waals surface area contributed by atoms with Crippen LogP contribution in [0.2, 0.25) is 5.15 Å². The van der Waals surface area contributed by atoms with Gasteiger partial charge in [-0.2, -0.15) is 0 Å². The molecule has 0 spiro atoms. The number of ether oxygens (including phenoxy) is 2. The van der Waals surface area contributed by atoms with E-state index in [0.717, 1.165) is 86.3 Å². The fourth-order valence-electron chi connectivity index (χ4n) is 6.71. The third-order valence-corrected chi connectivity index (χ3v) is 11.8. The third kappa shape index (κ3) is 17.8. The Morgan fingerprint density at radius 2 is 1.25 bits per heavy atom. The first-order valence-corrected chi connectivity index (χ1v) is 23.5. The number of nitrogens with two attached hydrogens (primary N) is 2. The van der Waals surface area contributed by atoms with Crippen molar-refractivity contribution in [1.82, 2.24) is 25.9 Å². The second kappa shape index (κ2) is 22.8. The van der Waals surface area contributed by atoms with Gasteiger partial charge in [0.25, 0.3) is 17.7 Å². The number of nitrogens with zero attached hydrogens (tertiary/aromatic N) is 3. The van der Waals surface area contributed by atoms with Crippen molar-refractivity contribution < 1.29 is 57.6 Å². The number of amides is 3. The standard InChI is InChI=1S/C38H53ClN8O9S2.ClH/c1-57(51,52)22-17-42-32(48)25-55-30-13-9-27(10-14-30)6-3-19-47(21-5-8-29(24-47)44-38(50)34-36(40)46-37(41)35(39)45-34)20-4-7-28-11-15-31(16-12-28)56-26-33(49)43-18-23-58(2,53)54;/h9-16,29H,3-8,17-26H2,1-2H3,(H6-,40,41,42,43,44,46,48,49,50);1H/t29-;/m0./s1. The monoisotopic (exact) mass is 900 g/mol. The lowest BCUT2D eigenvalue weighted by Gasteiger charge is -2.45. The maximum absolute atomic E-state index is 13.3. The molecular formula is C38H54Cl2N8O9S2. The van der Waals surface area contributed by atoms with Crippen LogP contribution in [0, 0.1) is 0 Å². The number of benzene rings is 2. The molecule has 3 amide bonds. The molecule has 3 aromatic rings. The third-order valence-electron chi connectivity index (χ3n) is 9.62. The Hall–Kier alpha value is -4.43. The normalized spacial score (nSPS) is 15.0. The molecule has 0 unspecified atom stereocenters. The van der Waals surface area contributed by atoms with E-state index in [-0.39, 0.29) is 78.7 Å². The first kappa shape index (κ1) is 48.9. The summed E-state index contributed by atoms with van der Waals surface area (Å²) < 4.78 is 57.1. The van der Waals surface area contributed by atoms with E-state index < -0.39 is 37.4 Å². The smallest absolute Gasteiger partial charge is 0.274 e.